The van der Waals surface area contributed by atoms with Crippen LogP contribution in [-0.2, 0) is 4.74 Å². The molecule has 1 aromatic rings. The fraction of sp³-hybridized carbons (Fsp3) is 0.636. The third kappa shape index (κ3) is 3.06. The summed E-state index contributed by atoms with van der Waals surface area (Å²) >= 11 is 3.30. The Morgan fingerprint density at radius 1 is 1.60 bits per heavy atom. The maximum Gasteiger partial charge on any atom is 0.169 e. The Morgan fingerprint density at radius 2 is 2.47 bits per heavy atom. The molecule has 0 aliphatic carbocycles. The van der Waals surface area contributed by atoms with Crippen molar-refractivity contribution in [1.82, 2.24) is 5.32 Å². The van der Waals surface area contributed by atoms with Crippen molar-refractivity contribution in [3.05, 3.63) is 22.6 Å². The molecule has 1 aliphatic rings. The minimum absolute atomic E-state index is 0.237. The minimum atomic E-state index is 0.237. The summed E-state index contributed by atoms with van der Waals surface area (Å²) in [6, 6.07) is 4.14. The Kier molecular flexibility index (Phi) is 3.83. The van der Waals surface area contributed by atoms with Crippen LogP contribution < -0.4 is 5.32 Å². The molecule has 3 nitrogen and oxygen atoms in total. The molecule has 0 radical (unpaired) electrons. The fourth-order valence-corrected chi connectivity index (χ4v) is 2.09. The molecule has 2 atom stereocenters. The van der Waals surface area contributed by atoms with Gasteiger partial charge in [0, 0.05) is 13.2 Å². The number of hydrogen-bond donors (Lipinski definition) is 1. The van der Waals surface area contributed by atoms with Gasteiger partial charge in [-0.3, -0.25) is 0 Å². The van der Waals surface area contributed by atoms with Gasteiger partial charge >= 0.3 is 0 Å². The Morgan fingerprint density at radius 3 is 3.07 bits per heavy atom. The standard InChI is InChI=1S/C11H16BrNO2/c1-8(10-4-5-11(12)15-10)13-7-9-3-2-6-14-9/h4-5,8-9,13H,2-3,6-7H2,1H3. The smallest absolute Gasteiger partial charge is 0.169 e. The number of halogens is 1. The van der Waals surface area contributed by atoms with Crippen molar-refractivity contribution in [2.75, 3.05) is 13.2 Å². The first-order chi connectivity index (χ1) is 7.25. The van der Waals surface area contributed by atoms with Crippen LogP contribution in [0.5, 0.6) is 0 Å². The lowest BCUT2D eigenvalue weighted by atomic mass is 10.2. The van der Waals surface area contributed by atoms with Crippen molar-refractivity contribution in [1.29, 1.82) is 0 Å². The fourth-order valence-electron chi connectivity index (χ4n) is 1.78. The minimum Gasteiger partial charge on any atom is -0.453 e. The van der Waals surface area contributed by atoms with Gasteiger partial charge in [0.1, 0.15) is 5.76 Å². The van der Waals surface area contributed by atoms with E-state index in [0.29, 0.717) is 6.10 Å². The van der Waals surface area contributed by atoms with E-state index in [2.05, 4.69) is 28.2 Å². The lowest BCUT2D eigenvalue weighted by molar-refractivity contribution is 0.107. The average Bonchev–Trinajstić information content (AvgIpc) is 2.84. The quantitative estimate of drug-likeness (QED) is 0.916. The van der Waals surface area contributed by atoms with Crippen LogP contribution in [0.4, 0.5) is 0 Å². The molecule has 1 aliphatic heterocycles. The summed E-state index contributed by atoms with van der Waals surface area (Å²) in [5.41, 5.74) is 0. The molecule has 0 spiro atoms. The van der Waals surface area contributed by atoms with Crippen molar-refractivity contribution in [2.45, 2.75) is 31.9 Å². The van der Waals surface area contributed by atoms with Gasteiger partial charge in [0.25, 0.3) is 0 Å². The molecule has 1 saturated heterocycles. The second kappa shape index (κ2) is 5.14. The summed E-state index contributed by atoms with van der Waals surface area (Å²) < 4.78 is 11.8. The molecule has 2 rings (SSSR count). The van der Waals surface area contributed by atoms with E-state index in [9.17, 15) is 0 Å². The number of rotatable bonds is 4. The molecule has 0 aromatic carbocycles. The van der Waals surface area contributed by atoms with Crippen molar-refractivity contribution in [3.63, 3.8) is 0 Å². The molecule has 0 bridgehead atoms. The highest BCUT2D eigenvalue weighted by Gasteiger charge is 2.17. The van der Waals surface area contributed by atoms with Crippen molar-refractivity contribution in [3.8, 4) is 0 Å². The maximum atomic E-state index is 5.54. The van der Waals surface area contributed by atoms with Crippen LogP contribution >= 0.6 is 15.9 Å². The zero-order chi connectivity index (χ0) is 10.7. The van der Waals surface area contributed by atoms with Crippen molar-refractivity contribution < 1.29 is 9.15 Å². The van der Waals surface area contributed by atoms with Gasteiger partial charge < -0.3 is 14.5 Å². The summed E-state index contributed by atoms with van der Waals surface area (Å²) in [4.78, 5) is 0. The van der Waals surface area contributed by atoms with Gasteiger partial charge in [0.15, 0.2) is 4.67 Å². The van der Waals surface area contributed by atoms with E-state index in [0.717, 1.165) is 23.6 Å². The second-order valence-corrected chi connectivity index (χ2v) is 4.69. The number of ether oxygens (including phenoxy) is 1. The summed E-state index contributed by atoms with van der Waals surface area (Å²) in [5.74, 6) is 0.958. The molecule has 15 heavy (non-hydrogen) atoms. The van der Waals surface area contributed by atoms with Crippen LogP contribution in [0, 0.1) is 0 Å². The van der Waals surface area contributed by atoms with E-state index in [1.54, 1.807) is 0 Å². The molecule has 1 aromatic heterocycles. The molecule has 2 unspecified atom stereocenters. The summed E-state index contributed by atoms with van der Waals surface area (Å²) in [6.45, 7) is 3.91. The average molecular weight is 274 g/mol. The predicted molar refractivity (Wildman–Crippen MR) is 61.8 cm³/mol. The molecular formula is C11H16BrNO2. The maximum absolute atomic E-state index is 5.54. The Hall–Kier alpha value is -0.320. The van der Waals surface area contributed by atoms with Gasteiger partial charge in [-0.25, -0.2) is 0 Å². The summed E-state index contributed by atoms with van der Waals surface area (Å²) in [7, 11) is 0. The summed E-state index contributed by atoms with van der Waals surface area (Å²) in [6.07, 6.45) is 2.74. The predicted octanol–water partition coefficient (Wildman–Crippen LogP) is 2.87. The van der Waals surface area contributed by atoms with Crippen LogP contribution in [0.15, 0.2) is 21.2 Å². The van der Waals surface area contributed by atoms with Crippen LogP contribution in [0.2, 0.25) is 0 Å². The highest BCUT2D eigenvalue weighted by Crippen LogP contribution is 2.20. The van der Waals surface area contributed by atoms with Gasteiger partial charge in [-0.2, -0.15) is 0 Å². The van der Waals surface area contributed by atoms with Gasteiger partial charge in [-0.15, -0.1) is 0 Å². The molecular weight excluding hydrogens is 258 g/mol. The van der Waals surface area contributed by atoms with Crippen LogP contribution in [-0.4, -0.2) is 19.3 Å². The monoisotopic (exact) mass is 273 g/mol. The normalized spacial score (nSPS) is 23.2. The second-order valence-electron chi connectivity index (χ2n) is 3.91. The molecule has 0 saturated carbocycles. The first kappa shape index (κ1) is 11.2. The van der Waals surface area contributed by atoms with Gasteiger partial charge in [0.2, 0.25) is 0 Å². The summed E-state index contributed by atoms with van der Waals surface area (Å²) in [5, 5.41) is 3.41. The molecule has 84 valence electrons. The Labute approximate surface area is 98.3 Å². The molecule has 0 amide bonds. The van der Waals surface area contributed by atoms with Crippen LogP contribution in [0.25, 0.3) is 0 Å². The van der Waals surface area contributed by atoms with Gasteiger partial charge in [-0.05, 0) is 47.8 Å². The highest BCUT2D eigenvalue weighted by atomic mass is 79.9. The van der Waals surface area contributed by atoms with E-state index >= 15 is 0 Å². The van der Waals surface area contributed by atoms with Crippen molar-refractivity contribution >= 4 is 15.9 Å². The Bertz CT molecular complexity index is 307. The van der Waals surface area contributed by atoms with Gasteiger partial charge in [-0.1, -0.05) is 0 Å². The third-order valence-corrected chi connectivity index (χ3v) is 3.12. The van der Waals surface area contributed by atoms with E-state index in [1.807, 2.05) is 12.1 Å². The highest BCUT2D eigenvalue weighted by molar-refractivity contribution is 9.10. The van der Waals surface area contributed by atoms with E-state index in [1.165, 1.54) is 12.8 Å². The van der Waals surface area contributed by atoms with Crippen LogP contribution in [0.1, 0.15) is 31.6 Å². The van der Waals surface area contributed by atoms with Crippen molar-refractivity contribution in [2.24, 2.45) is 0 Å². The number of nitrogens with one attached hydrogen (secondary N) is 1. The van der Waals surface area contributed by atoms with E-state index in [-0.39, 0.29) is 6.04 Å². The van der Waals surface area contributed by atoms with Gasteiger partial charge in [0.05, 0.1) is 12.1 Å². The van der Waals surface area contributed by atoms with E-state index in [4.69, 9.17) is 9.15 Å². The zero-order valence-corrected chi connectivity index (χ0v) is 10.4. The van der Waals surface area contributed by atoms with E-state index < -0.39 is 0 Å². The van der Waals surface area contributed by atoms with Crippen LogP contribution in [0.3, 0.4) is 0 Å². The topological polar surface area (TPSA) is 34.4 Å². The molecule has 1 fully saturated rings. The lowest BCUT2D eigenvalue weighted by Crippen LogP contribution is -2.28. The molecule has 4 heteroatoms. The first-order valence-electron chi connectivity index (χ1n) is 5.36. The largest absolute Gasteiger partial charge is 0.453 e. The Balaban J connectivity index is 1.79. The SMILES string of the molecule is CC(NCC1CCCO1)c1ccc(Br)o1. The third-order valence-electron chi connectivity index (χ3n) is 2.70. The zero-order valence-electron chi connectivity index (χ0n) is 8.83. The number of furan rings is 1. The lowest BCUT2D eigenvalue weighted by Gasteiger charge is -2.14. The molecule has 2 heterocycles. The first-order valence-corrected chi connectivity index (χ1v) is 6.15. The number of hydrogen-bond acceptors (Lipinski definition) is 3. The molecule has 1 N–H and O–H groups in total.